The Morgan fingerprint density at radius 3 is 1.94 bits per heavy atom. The lowest BCUT2D eigenvalue weighted by Crippen LogP contribution is -2.11. The van der Waals surface area contributed by atoms with Gasteiger partial charge in [-0.25, -0.2) is 0 Å². The van der Waals surface area contributed by atoms with Gasteiger partial charge in [0.2, 0.25) is 0 Å². The highest BCUT2D eigenvalue weighted by molar-refractivity contribution is 6.01. The van der Waals surface area contributed by atoms with Crippen molar-refractivity contribution in [3.8, 4) is 28.0 Å². The molecular formula is C27H24F3NO. The summed E-state index contributed by atoms with van der Waals surface area (Å²) in [7, 11) is 1.58. The molecule has 0 unspecified atom stereocenters. The molecule has 0 fully saturated rings. The zero-order chi connectivity index (χ0) is 23.1. The lowest BCUT2D eigenvalue weighted by Gasteiger charge is -2.21. The number of hydrogen-bond donors (Lipinski definition) is 0. The number of alkyl halides is 3. The highest BCUT2D eigenvalue weighted by Crippen LogP contribution is 2.45. The monoisotopic (exact) mass is 435 g/mol. The zero-order valence-electron chi connectivity index (χ0n) is 18.4. The quantitative estimate of drug-likeness (QED) is 0.326. The number of halogens is 3. The molecule has 164 valence electrons. The summed E-state index contributed by atoms with van der Waals surface area (Å²) < 4.78 is 48.2. The van der Waals surface area contributed by atoms with Gasteiger partial charge in [0.15, 0.2) is 0 Å². The molecule has 1 heterocycles. The Morgan fingerprint density at radius 1 is 0.781 bits per heavy atom. The fourth-order valence-corrected chi connectivity index (χ4v) is 3.92. The van der Waals surface area contributed by atoms with Gasteiger partial charge in [-0.1, -0.05) is 63.2 Å². The van der Waals surface area contributed by atoms with Crippen LogP contribution in [0.1, 0.15) is 31.9 Å². The first-order valence-electron chi connectivity index (χ1n) is 10.3. The van der Waals surface area contributed by atoms with Crippen LogP contribution < -0.4 is 4.74 Å². The number of pyridine rings is 1. The van der Waals surface area contributed by atoms with E-state index in [0.717, 1.165) is 11.1 Å². The Kier molecular flexibility index (Phi) is 5.45. The van der Waals surface area contributed by atoms with Crippen molar-refractivity contribution in [3.63, 3.8) is 0 Å². The molecule has 0 bridgehead atoms. The van der Waals surface area contributed by atoms with E-state index in [1.807, 2.05) is 24.3 Å². The minimum Gasteiger partial charge on any atom is -0.497 e. The smallest absolute Gasteiger partial charge is 0.419 e. The van der Waals surface area contributed by atoms with Crippen molar-refractivity contribution in [2.45, 2.75) is 32.4 Å². The molecule has 0 spiro atoms. The number of fused-ring (bicyclic) bond motifs is 1. The van der Waals surface area contributed by atoms with Crippen LogP contribution in [-0.4, -0.2) is 12.1 Å². The van der Waals surface area contributed by atoms with Crippen molar-refractivity contribution in [2.75, 3.05) is 7.11 Å². The molecular weight excluding hydrogens is 411 g/mol. The molecule has 0 aliphatic heterocycles. The van der Waals surface area contributed by atoms with Crippen LogP contribution in [0.5, 0.6) is 5.75 Å². The highest BCUT2D eigenvalue weighted by Gasteiger charge is 2.37. The fourth-order valence-electron chi connectivity index (χ4n) is 3.92. The second-order valence-corrected chi connectivity index (χ2v) is 8.80. The Balaban J connectivity index is 2.02. The molecule has 4 aromatic rings. The molecule has 2 nitrogen and oxygen atoms in total. The first-order chi connectivity index (χ1) is 15.1. The molecule has 0 saturated heterocycles. The standard InChI is InChI=1S/C27H24F3NO/c1-26(2,3)19-11-7-18(8-12-19)23-16-22(17-9-13-20(32-4)14-10-17)21-6-5-15-31-25(21)24(23)27(28,29)30/h5-16H,1-4H3. The van der Waals surface area contributed by atoms with Gasteiger partial charge in [-0.15, -0.1) is 0 Å². The highest BCUT2D eigenvalue weighted by atomic mass is 19.4. The summed E-state index contributed by atoms with van der Waals surface area (Å²) >= 11 is 0. The van der Waals surface area contributed by atoms with Crippen molar-refractivity contribution in [3.05, 3.63) is 84.1 Å². The summed E-state index contributed by atoms with van der Waals surface area (Å²) in [5, 5.41) is 0.458. The maximum atomic E-state index is 14.3. The number of rotatable bonds is 3. The number of hydrogen-bond acceptors (Lipinski definition) is 2. The first-order valence-corrected chi connectivity index (χ1v) is 10.3. The van der Waals surface area contributed by atoms with Gasteiger partial charge in [-0.05, 0) is 57.5 Å². The fraction of sp³-hybridized carbons (Fsp3) is 0.222. The molecule has 0 aliphatic carbocycles. The van der Waals surface area contributed by atoms with Gasteiger partial charge in [0, 0.05) is 11.6 Å². The third-order valence-corrected chi connectivity index (χ3v) is 5.64. The van der Waals surface area contributed by atoms with Gasteiger partial charge in [0.1, 0.15) is 5.75 Å². The van der Waals surface area contributed by atoms with E-state index in [4.69, 9.17) is 4.74 Å². The Morgan fingerprint density at radius 2 is 1.38 bits per heavy atom. The van der Waals surface area contributed by atoms with E-state index >= 15 is 0 Å². The summed E-state index contributed by atoms with van der Waals surface area (Å²) in [5.41, 5.74) is 2.32. The number of methoxy groups -OCH3 is 1. The van der Waals surface area contributed by atoms with Gasteiger partial charge in [-0.2, -0.15) is 13.2 Å². The van der Waals surface area contributed by atoms with Gasteiger partial charge in [0.05, 0.1) is 18.2 Å². The van der Waals surface area contributed by atoms with Crippen LogP contribution in [0.2, 0.25) is 0 Å². The summed E-state index contributed by atoms with van der Waals surface area (Å²) in [4.78, 5) is 4.17. The lowest BCUT2D eigenvalue weighted by atomic mass is 9.85. The molecule has 32 heavy (non-hydrogen) atoms. The van der Waals surface area contributed by atoms with Crippen LogP contribution in [0.3, 0.4) is 0 Å². The maximum Gasteiger partial charge on any atom is 0.419 e. The molecule has 0 N–H and O–H groups in total. The Hall–Kier alpha value is -3.34. The molecule has 0 aliphatic rings. The second kappa shape index (κ2) is 7.97. The van der Waals surface area contributed by atoms with Crippen LogP contribution >= 0.6 is 0 Å². The summed E-state index contributed by atoms with van der Waals surface area (Å²) in [5.74, 6) is 0.682. The number of benzene rings is 3. The summed E-state index contributed by atoms with van der Waals surface area (Å²) in [6.45, 7) is 6.22. The van der Waals surface area contributed by atoms with Crippen LogP contribution in [-0.2, 0) is 11.6 Å². The van der Waals surface area contributed by atoms with E-state index in [2.05, 4.69) is 25.8 Å². The van der Waals surface area contributed by atoms with Crippen molar-refractivity contribution >= 4 is 10.9 Å². The molecule has 1 aromatic heterocycles. The number of nitrogens with zero attached hydrogens (tertiary/aromatic N) is 1. The van der Waals surface area contributed by atoms with Crippen molar-refractivity contribution < 1.29 is 17.9 Å². The number of aromatic nitrogens is 1. The van der Waals surface area contributed by atoms with Crippen molar-refractivity contribution in [2.24, 2.45) is 0 Å². The summed E-state index contributed by atoms with van der Waals surface area (Å²) in [6, 6.07) is 19.6. The van der Waals surface area contributed by atoms with Crippen molar-refractivity contribution in [1.29, 1.82) is 0 Å². The predicted molar refractivity (Wildman–Crippen MR) is 123 cm³/mol. The van der Waals surface area contributed by atoms with Crippen LogP contribution in [0.25, 0.3) is 33.2 Å². The summed E-state index contributed by atoms with van der Waals surface area (Å²) in [6.07, 6.45) is -3.15. The molecule has 4 rings (SSSR count). The lowest BCUT2D eigenvalue weighted by molar-refractivity contribution is -0.135. The van der Waals surface area contributed by atoms with Crippen LogP contribution in [0, 0.1) is 0 Å². The van der Waals surface area contributed by atoms with Gasteiger partial charge < -0.3 is 4.74 Å². The Bertz CT molecular complexity index is 1250. The van der Waals surface area contributed by atoms with Gasteiger partial charge in [-0.3, -0.25) is 4.98 Å². The maximum absolute atomic E-state index is 14.3. The second-order valence-electron chi connectivity index (χ2n) is 8.80. The topological polar surface area (TPSA) is 22.1 Å². The third kappa shape index (κ3) is 4.07. The number of ether oxygens (including phenoxy) is 1. The van der Waals surface area contributed by atoms with E-state index in [0.29, 0.717) is 22.3 Å². The van der Waals surface area contributed by atoms with E-state index in [1.54, 1.807) is 49.6 Å². The van der Waals surface area contributed by atoms with Gasteiger partial charge >= 0.3 is 6.18 Å². The van der Waals surface area contributed by atoms with E-state index in [9.17, 15) is 13.2 Å². The third-order valence-electron chi connectivity index (χ3n) is 5.64. The van der Waals surface area contributed by atoms with Crippen LogP contribution in [0.4, 0.5) is 13.2 Å². The van der Waals surface area contributed by atoms with Crippen LogP contribution in [0.15, 0.2) is 72.9 Å². The van der Waals surface area contributed by atoms with Crippen molar-refractivity contribution in [1.82, 2.24) is 4.98 Å². The predicted octanol–water partition coefficient (Wildman–Crippen LogP) is 7.89. The Labute approximate surface area is 185 Å². The molecule has 0 amide bonds. The molecule has 0 saturated carbocycles. The SMILES string of the molecule is COc1ccc(-c2cc(-c3ccc(C(C)(C)C)cc3)c(C(F)(F)F)c3ncccc23)cc1. The minimum atomic E-state index is -4.55. The minimum absolute atomic E-state index is 0.0526. The van der Waals surface area contributed by atoms with E-state index in [-0.39, 0.29) is 16.5 Å². The normalized spacial score (nSPS) is 12.2. The average molecular weight is 435 g/mol. The van der Waals surface area contributed by atoms with E-state index in [1.165, 1.54) is 6.20 Å². The first kappa shape index (κ1) is 21.9. The van der Waals surface area contributed by atoms with E-state index < -0.39 is 11.7 Å². The average Bonchev–Trinajstić information content (AvgIpc) is 2.77. The molecule has 3 aromatic carbocycles. The van der Waals surface area contributed by atoms with Gasteiger partial charge in [0.25, 0.3) is 0 Å². The largest absolute Gasteiger partial charge is 0.497 e. The molecule has 0 atom stereocenters. The molecule has 5 heteroatoms. The zero-order valence-corrected chi connectivity index (χ0v) is 18.4. The molecule has 0 radical (unpaired) electrons.